The summed E-state index contributed by atoms with van der Waals surface area (Å²) in [6.07, 6.45) is -0.465. The van der Waals surface area contributed by atoms with E-state index >= 15 is 0 Å². The molecule has 0 aliphatic carbocycles. The molecule has 1 saturated heterocycles. The molecule has 22 heavy (non-hydrogen) atoms. The van der Waals surface area contributed by atoms with E-state index in [1.807, 2.05) is 24.3 Å². The zero-order valence-corrected chi connectivity index (χ0v) is 12.0. The molecule has 116 valence electrons. The molecule has 1 aliphatic rings. The SMILES string of the molecule is O=C(NCC1OCCC(O)C1O)c1cnc2ccccc2c1. The molecular formula is C16H18N2O4. The van der Waals surface area contributed by atoms with E-state index in [1.54, 1.807) is 6.07 Å². The van der Waals surface area contributed by atoms with Gasteiger partial charge in [-0.2, -0.15) is 0 Å². The Hall–Kier alpha value is -2.02. The summed E-state index contributed by atoms with van der Waals surface area (Å²) in [5.74, 6) is -0.283. The lowest BCUT2D eigenvalue weighted by molar-refractivity contribution is -0.132. The van der Waals surface area contributed by atoms with Crippen LogP contribution in [0.1, 0.15) is 16.8 Å². The number of aromatic nitrogens is 1. The number of fused-ring (bicyclic) bond motifs is 1. The van der Waals surface area contributed by atoms with E-state index in [1.165, 1.54) is 6.20 Å². The Morgan fingerprint density at radius 1 is 1.36 bits per heavy atom. The summed E-state index contributed by atoms with van der Waals surface area (Å²) in [4.78, 5) is 16.4. The summed E-state index contributed by atoms with van der Waals surface area (Å²) in [6, 6.07) is 9.32. The first-order valence-electron chi connectivity index (χ1n) is 7.26. The van der Waals surface area contributed by atoms with Crippen molar-refractivity contribution in [1.29, 1.82) is 0 Å². The molecule has 1 amide bonds. The smallest absolute Gasteiger partial charge is 0.252 e. The molecule has 0 bridgehead atoms. The van der Waals surface area contributed by atoms with Gasteiger partial charge in [-0.25, -0.2) is 0 Å². The highest BCUT2D eigenvalue weighted by Crippen LogP contribution is 2.15. The lowest BCUT2D eigenvalue weighted by Gasteiger charge is -2.32. The molecular weight excluding hydrogens is 284 g/mol. The van der Waals surface area contributed by atoms with Gasteiger partial charge in [-0.1, -0.05) is 18.2 Å². The van der Waals surface area contributed by atoms with Gasteiger partial charge < -0.3 is 20.3 Å². The Morgan fingerprint density at radius 3 is 3.05 bits per heavy atom. The number of rotatable bonds is 3. The molecule has 3 rings (SSSR count). The summed E-state index contributed by atoms with van der Waals surface area (Å²) >= 11 is 0. The van der Waals surface area contributed by atoms with Gasteiger partial charge in [-0.05, 0) is 18.6 Å². The van der Waals surface area contributed by atoms with Crippen LogP contribution in [-0.4, -0.2) is 52.6 Å². The number of carbonyl (C=O) groups is 1. The van der Waals surface area contributed by atoms with Crippen LogP contribution in [0.4, 0.5) is 0 Å². The summed E-state index contributed by atoms with van der Waals surface area (Å²) in [6.45, 7) is 0.514. The van der Waals surface area contributed by atoms with E-state index in [9.17, 15) is 15.0 Å². The number of nitrogens with one attached hydrogen (secondary N) is 1. The molecule has 1 aromatic heterocycles. The number of hydrogen-bond acceptors (Lipinski definition) is 5. The molecule has 6 heteroatoms. The Labute approximate surface area is 127 Å². The van der Waals surface area contributed by atoms with Gasteiger partial charge in [0, 0.05) is 24.7 Å². The minimum absolute atomic E-state index is 0.143. The number of pyridine rings is 1. The minimum atomic E-state index is -0.983. The summed E-state index contributed by atoms with van der Waals surface area (Å²) in [7, 11) is 0. The fourth-order valence-corrected chi connectivity index (χ4v) is 2.53. The fourth-order valence-electron chi connectivity index (χ4n) is 2.53. The summed E-state index contributed by atoms with van der Waals surface area (Å²) in [5.41, 5.74) is 1.28. The van der Waals surface area contributed by atoms with Crippen LogP contribution in [0.2, 0.25) is 0 Å². The van der Waals surface area contributed by atoms with Gasteiger partial charge in [0.1, 0.15) is 12.2 Å². The second-order valence-corrected chi connectivity index (χ2v) is 5.38. The van der Waals surface area contributed by atoms with Crippen molar-refractivity contribution in [3.05, 3.63) is 42.1 Å². The average molecular weight is 302 g/mol. The van der Waals surface area contributed by atoms with Gasteiger partial charge in [-0.15, -0.1) is 0 Å². The molecule has 0 saturated carbocycles. The van der Waals surface area contributed by atoms with Crippen molar-refractivity contribution < 1.29 is 19.7 Å². The highest BCUT2D eigenvalue weighted by atomic mass is 16.5. The topological polar surface area (TPSA) is 91.7 Å². The third kappa shape index (κ3) is 3.09. The Bertz CT molecular complexity index is 676. The van der Waals surface area contributed by atoms with Crippen molar-refractivity contribution in [3.63, 3.8) is 0 Å². The molecule has 3 N–H and O–H groups in total. The number of benzene rings is 1. The predicted octanol–water partition coefficient (Wildman–Crippen LogP) is 0.475. The predicted molar refractivity (Wildman–Crippen MR) is 80.4 cm³/mol. The van der Waals surface area contributed by atoms with Crippen LogP contribution in [0.5, 0.6) is 0 Å². The van der Waals surface area contributed by atoms with Crippen molar-refractivity contribution in [3.8, 4) is 0 Å². The Balaban J connectivity index is 1.65. The van der Waals surface area contributed by atoms with E-state index in [0.29, 0.717) is 18.6 Å². The molecule has 0 radical (unpaired) electrons. The number of aliphatic hydroxyl groups excluding tert-OH is 2. The zero-order chi connectivity index (χ0) is 15.5. The Morgan fingerprint density at radius 2 is 2.18 bits per heavy atom. The number of para-hydroxylation sites is 1. The largest absolute Gasteiger partial charge is 0.390 e. The van der Waals surface area contributed by atoms with Crippen LogP contribution in [0.15, 0.2) is 36.5 Å². The quantitative estimate of drug-likeness (QED) is 0.767. The second kappa shape index (κ2) is 6.39. The molecule has 6 nitrogen and oxygen atoms in total. The highest BCUT2D eigenvalue weighted by molar-refractivity contribution is 5.97. The van der Waals surface area contributed by atoms with Gasteiger partial charge in [-0.3, -0.25) is 9.78 Å². The fraction of sp³-hybridized carbons (Fsp3) is 0.375. The Kier molecular flexibility index (Phi) is 4.33. The molecule has 3 atom stereocenters. The molecule has 2 heterocycles. The van der Waals surface area contributed by atoms with E-state index in [0.717, 1.165) is 10.9 Å². The first-order chi connectivity index (χ1) is 10.6. The van der Waals surface area contributed by atoms with E-state index in [2.05, 4.69) is 10.3 Å². The number of hydrogen-bond donors (Lipinski definition) is 3. The van der Waals surface area contributed by atoms with E-state index in [4.69, 9.17) is 4.74 Å². The standard InChI is InChI=1S/C16H18N2O4/c19-13-5-6-22-14(15(13)20)9-18-16(21)11-7-10-3-1-2-4-12(10)17-8-11/h1-4,7-8,13-15,19-20H,5-6,9H2,(H,18,21). The number of aliphatic hydroxyl groups is 2. The first-order valence-corrected chi connectivity index (χ1v) is 7.26. The van der Waals surface area contributed by atoms with Gasteiger partial charge in [0.25, 0.3) is 5.91 Å². The van der Waals surface area contributed by atoms with Gasteiger partial charge in [0.15, 0.2) is 0 Å². The maximum Gasteiger partial charge on any atom is 0.252 e. The van der Waals surface area contributed by atoms with Gasteiger partial charge in [0.2, 0.25) is 0 Å². The molecule has 1 fully saturated rings. The number of nitrogens with zero attached hydrogens (tertiary/aromatic N) is 1. The van der Waals surface area contributed by atoms with Crippen LogP contribution in [0.25, 0.3) is 10.9 Å². The number of amides is 1. The van der Waals surface area contributed by atoms with E-state index < -0.39 is 18.3 Å². The minimum Gasteiger partial charge on any atom is -0.390 e. The first kappa shape index (κ1) is 14.9. The maximum atomic E-state index is 12.2. The monoisotopic (exact) mass is 302 g/mol. The van der Waals surface area contributed by atoms with E-state index in [-0.39, 0.29) is 12.5 Å². The van der Waals surface area contributed by atoms with Gasteiger partial charge >= 0.3 is 0 Å². The lowest BCUT2D eigenvalue weighted by Crippen LogP contribution is -2.49. The van der Waals surface area contributed by atoms with Crippen molar-refractivity contribution in [2.45, 2.75) is 24.7 Å². The molecule has 3 unspecified atom stereocenters. The van der Waals surface area contributed by atoms with Gasteiger partial charge in [0.05, 0.1) is 17.2 Å². The third-order valence-electron chi connectivity index (χ3n) is 3.84. The summed E-state index contributed by atoms with van der Waals surface area (Å²) in [5, 5.41) is 23.0. The number of ether oxygens (including phenoxy) is 1. The van der Waals surface area contributed by atoms with Crippen molar-refractivity contribution >= 4 is 16.8 Å². The van der Waals surface area contributed by atoms with Crippen LogP contribution in [0.3, 0.4) is 0 Å². The molecule has 2 aromatic rings. The third-order valence-corrected chi connectivity index (χ3v) is 3.84. The maximum absolute atomic E-state index is 12.2. The van der Waals surface area contributed by atoms with Crippen LogP contribution < -0.4 is 5.32 Å². The van der Waals surface area contributed by atoms with Crippen LogP contribution >= 0.6 is 0 Å². The zero-order valence-electron chi connectivity index (χ0n) is 12.0. The lowest BCUT2D eigenvalue weighted by atomic mass is 10.0. The molecule has 0 spiro atoms. The van der Waals surface area contributed by atoms with Crippen LogP contribution in [0, 0.1) is 0 Å². The highest BCUT2D eigenvalue weighted by Gasteiger charge is 2.31. The molecule has 1 aliphatic heterocycles. The normalized spacial score (nSPS) is 25.1. The average Bonchev–Trinajstić information content (AvgIpc) is 2.55. The molecule has 1 aromatic carbocycles. The second-order valence-electron chi connectivity index (χ2n) is 5.38. The number of carbonyl (C=O) groups excluding carboxylic acids is 1. The van der Waals surface area contributed by atoms with Crippen molar-refractivity contribution in [2.24, 2.45) is 0 Å². The van der Waals surface area contributed by atoms with Crippen molar-refractivity contribution in [1.82, 2.24) is 10.3 Å². The van der Waals surface area contributed by atoms with Crippen LogP contribution in [-0.2, 0) is 4.74 Å². The van der Waals surface area contributed by atoms with Crippen molar-refractivity contribution in [2.75, 3.05) is 13.2 Å². The summed E-state index contributed by atoms with van der Waals surface area (Å²) < 4.78 is 5.38.